The maximum absolute atomic E-state index is 11.0. The first kappa shape index (κ1) is 16.4. The molecule has 1 unspecified atom stereocenters. The lowest BCUT2D eigenvalue weighted by Crippen LogP contribution is -2.36. The number of benzene rings is 1. The number of nitro benzene ring substituents is 1. The van der Waals surface area contributed by atoms with Crippen molar-refractivity contribution in [2.45, 2.75) is 32.4 Å². The Kier molecular flexibility index (Phi) is 5.72. The minimum absolute atomic E-state index is 0.123. The fourth-order valence-corrected chi connectivity index (χ4v) is 2.93. The van der Waals surface area contributed by atoms with E-state index in [9.17, 15) is 10.1 Å². The lowest BCUT2D eigenvalue weighted by molar-refractivity contribution is -0.385. The molecule has 1 atom stereocenters. The molecule has 1 aliphatic rings. The van der Waals surface area contributed by atoms with Crippen LogP contribution >= 0.6 is 15.9 Å². The average Bonchev–Trinajstić information content (AvgIpc) is 3.28. The molecular formula is C15H21BrN2O3. The predicted molar refractivity (Wildman–Crippen MR) is 85.3 cm³/mol. The zero-order valence-corrected chi connectivity index (χ0v) is 14.0. The summed E-state index contributed by atoms with van der Waals surface area (Å²) >= 11 is 3.23. The molecule has 0 aliphatic heterocycles. The SMILES string of the molecule is COCCN(Cc1ccc(Br)c([N+](=O)[O-])c1)C(C)C1CC1. The van der Waals surface area contributed by atoms with Crippen molar-refractivity contribution in [2.24, 2.45) is 5.92 Å². The number of methoxy groups -OCH3 is 1. The van der Waals surface area contributed by atoms with Gasteiger partial charge in [0, 0.05) is 32.3 Å². The van der Waals surface area contributed by atoms with Gasteiger partial charge in [-0.05, 0) is 53.2 Å². The highest BCUT2D eigenvalue weighted by atomic mass is 79.9. The molecule has 21 heavy (non-hydrogen) atoms. The molecule has 0 spiro atoms. The monoisotopic (exact) mass is 356 g/mol. The van der Waals surface area contributed by atoms with Crippen molar-refractivity contribution in [3.63, 3.8) is 0 Å². The second-order valence-corrected chi connectivity index (χ2v) is 6.44. The molecule has 0 bridgehead atoms. The summed E-state index contributed by atoms with van der Waals surface area (Å²) < 4.78 is 5.71. The lowest BCUT2D eigenvalue weighted by Gasteiger charge is -2.29. The third kappa shape index (κ3) is 4.49. The summed E-state index contributed by atoms with van der Waals surface area (Å²) in [4.78, 5) is 13.0. The van der Waals surface area contributed by atoms with Crippen molar-refractivity contribution in [3.8, 4) is 0 Å². The zero-order valence-electron chi connectivity index (χ0n) is 12.4. The number of hydrogen-bond acceptors (Lipinski definition) is 4. The normalized spacial score (nSPS) is 16.2. The van der Waals surface area contributed by atoms with Gasteiger partial charge in [-0.15, -0.1) is 0 Å². The number of hydrogen-bond donors (Lipinski definition) is 0. The Labute approximate surface area is 133 Å². The fourth-order valence-electron chi connectivity index (χ4n) is 2.54. The van der Waals surface area contributed by atoms with Gasteiger partial charge >= 0.3 is 0 Å². The smallest absolute Gasteiger partial charge is 0.283 e. The van der Waals surface area contributed by atoms with E-state index in [2.05, 4.69) is 27.8 Å². The van der Waals surface area contributed by atoms with Crippen LogP contribution in [-0.4, -0.2) is 36.1 Å². The first-order valence-corrected chi connectivity index (χ1v) is 7.98. The highest BCUT2D eigenvalue weighted by molar-refractivity contribution is 9.10. The summed E-state index contributed by atoms with van der Waals surface area (Å²) in [7, 11) is 1.70. The van der Waals surface area contributed by atoms with E-state index in [4.69, 9.17) is 4.74 Å². The molecule has 1 aromatic carbocycles. The molecule has 1 saturated carbocycles. The van der Waals surface area contributed by atoms with Crippen molar-refractivity contribution in [2.75, 3.05) is 20.3 Å². The van der Waals surface area contributed by atoms with Crippen LogP contribution < -0.4 is 0 Å². The van der Waals surface area contributed by atoms with Crippen LogP contribution in [0.5, 0.6) is 0 Å². The number of ether oxygens (including phenoxy) is 1. The standard InChI is InChI=1S/C15H21BrN2O3/c1-11(13-4-5-13)17(7-8-21-2)10-12-3-6-14(16)15(9-12)18(19)20/h3,6,9,11,13H,4-5,7-8,10H2,1-2H3. The highest BCUT2D eigenvalue weighted by Gasteiger charge is 2.32. The predicted octanol–water partition coefficient (Wildman–Crippen LogP) is 3.60. The summed E-state index contributed by atoms with van der Waals surface area (Å²) in [6, 6.07) is 5.84. The third-order valence-electron chi connectivity index (χ3n) is 4.06. The molecule has 2 rings (SSSR count). The van der Waals surface area contributed by atoms with Gasteiger partial charge in [-0.3, -0.25) is 15.0 Å². The van der Waals surface area contributed by atoms with Crippen molar-refractivity contribution in [1.82, 2.24) is 4.90 Å². The van der Waals surface area contributed by atoms with E-state index in [1.54, 1.807) is 19.2 Å². The van der Waals surface area contributed by atoms with Gasteiger partial charge in [-0.1, -0.05) is 6.07 Å². The molecule has 1 aliphatic carbocycles. The van der Waals surface area contributed by atoms with Gasteiger partial charge in [0.2, 0.25) is 0 Å². The Balaban J connectivity index is 2.11. The average molecular weight is 357 g/mol. The van der Waals surface area contributed by atoms with E-state index in [0.717, 1.165) is 24.6 Å². The zero-order chi connectivity index (χ0) is 15.4. The second kappa shape index (κ2) is 7.33. The van der Waals surface area contributed by atoms with Gasteiger partial charge in [-0.25, -0.2) is 0 Å². The first-order valence-electron chi connectivity index (χ1n) is 7.18. The maximum atomic E-state index is 11.0. The van der Waals surface area contributed by atoms with Crippen molar-refractivity contribution in [1.29, 1.82) is 0 Å². The lowest BCUT2D eigenvalue weighted by atomic mass is 10.1. The molecule has 0 amide bonds. The number of nitro groups is 1. The van der Waals surface area contributed by atoms with Crippen LogP contribution in [0.25, 0.3) is 0 Å². The molecule has 116 valence electrons. The van der Waals surface area contributed by atoms with Crippen LogP contribution in [0.3, 0.4) is 0 Å². The Morgan fingerprint density at radius 2 is 2.24 bits per heavy atom. The van der Waals surface area contributed by atoms with Gasteiger partial charge in [0.15, 0.2) is 0 Å². The number of nitrogens with zero attached hydrogens (tertiary/aromatic N) is 2. The van der Waals surface area contributed by atoms with Crippen LogP contribution in [-0.2, 0) is 11.3 Å². The molecular weight excluding hydrogens is 336 g/mol. The van der Waals surface area contributed by atoms with E-state index in [-0.39, 0.29) is 10.6 Å². The van der Waals surface area contributed by atoms with E-state index in [0.29, 0.717) is 17.1 Å². The van der Waals surface area contributed by atoms with E-state index in [1.807, 2.05) is 6.07 Å². The van der Waals surface area contributed by atoms with Crippen LogP contribution in [0.1, 0.15) is 25.3 Å². The molecule has 0 radical (unpaired) electrons. The Morgan fingerprint density at radius 3 is 2.81 bits per heavy atom. The molecule has 1 fully saturated rings. The summed E-state index contributed by atoms with van der Waals surface area (Å²) in [5, 5.41) is 11.0. The first-order chi connectivity index (χ1) is 10.0. The molecule has 0 heterocycles. The molecule has 5 nitrogen and oxygen atoms in total. The van der Waals surface area contributed by atoms with Crippen LogP contribution in [0, 0.1) is 16.0 Å². The van der Waals surface area contributed by atoms with Crippen molar-refractivity contribution < 1.29 is 9.66 Å². The third-order valence-corrected chi connectivity index (χ3v) is 4.73. The largest absolute Gasteiger partial charge is 0.383 e. The summed E-state index contributed by atoms with van der Waals surface area (Å²) in [6.07, 6.45) is 2.57. The van der Waals surface area contributed by atoms with Gasteiger partial charge < -0.3 is 4.74 Å². The van der Waals surface area contributed by atoms with Gasteiger partial charge in [0.25, 0.3) is 5.69 Å². The minimum atomic E-state index is -0.350. The molecule has 6 heteroatoms. The second-order valence-electron chi connectivity index (χ2n) is 5.58. The quantitative estimate of drug-likeness (QED) is 0.527. The molecule has 1 aromatic rings. The van der Waals surface area contributed by atoms with Gasteiger partial charge in [-0.2, -0.15) is 0 Å². The minimum Gasteiger partial charge on any atom is -0.383 e. The van der Waals surface area contributed by atoms with Crippen LogP contribution in [0.4, 0.5) is 5.69 Å². The van der Waals surface area contributed by atoms with Gasteiger partial charge in [0.05, 0.1) is 16.0 Å². The van der Waals surface area contributed by atoms with Crippen molar-refractivity contribution >= 4 is 21.6 Å². The number of rotatable bonds is 8. The summed E-state index contributed by atoms with van der Waals surface area (Å²) in [5.41, 5.74) is 1.09. The molecule has 0 aromatic heterocycles. The summed E-state index contributed by atoms with van der Waals surface area (Å²) in [6.45, 7) is 4.48. The molecule has 0 saturated heterocycles. The van der Waals surface area contributed by atoms with Crippen molar-refractivity contribution in [3.05, 3.63) is 38.3 Å². The van der Waals surface area contributed by atoms with E-state index < -0.39 is 0 Å². The molecule has 0 N–H and O–H groups in total. The topological polar surface area (TPSA) is 55.6 Å². The van der Waals surface area contributed by atoms with E-state index >= 15 is 0 Å². The number of halogens is 1. The maximum Gasteiger partial charge on any atom is 0.283 e. The highest BCUT2D eigenvalue weighted by Crippen LogP contribution is 2.36. The Hall–Kier alpha value is -0.980. The fraction of sp³-hybridized carbons (Fsp3) is 0.600. The van der Waals surface area contributed by atoms with Gasteiger partial charge in [0.1, 0.15) is 0 Å². The van der Waals surface area contributed by atoms with E-state index in [1.165, 1.54) is 12.8 Å². The Bertz CT molecular complexity index is 506. The van der Waals surface area contributed by atoms with Crippen LogP contribution in [0.2, 0.25) is 0 Å². The Morgan fingerprint density at radius 1 is 1.52 bits per heavy atom. The summed E-state index contributed by atoms with van der Waals surface area (Å²) in [5.74, 6) is 0.757. The van der Waals surface area contributed by atoms with Crippen LogP contribution in [0.15, 0.2) is 22.7 Å².